The number of fused-ring (bicyclic) bond motifs is 1. The maximum atomic E-state index is 13.4. The summed E-state index contributed by atoms with van der Waals surface area (Å²) in [4.78, 5) is -0.576. The zero-order valence-electron chi connectivity index (χ0n) is 25.1. The van der Waals surface area contributed by atoms with Crippen LogP contribution < -0.4 is 0 Å². The van der Waals surface area contributed by atoms with Gasteiger partial charge in [-0.15, -0.1) is 0 Å². The Bertz CT molecular complexity index is 1840. The average Bonchev–Trinajstić information content (AvgIpc) is 3.43. The van der Waals surface area contributed by atoms with Crippen molar-refractivity contribution in [1.82, 2.24) is 0 Å². The molecule has 0 radical (unpaired) electrons. The first kappa shape index (κ1) is 33.6. The van der Waals surface area contributed by atoms with Crippen molar-refractivity contribution in [3.8, 4) is 0 Å². The normalized spacial score (nSPS) is 23.9. The molecule has 3 aromatic rings. The molecule has 15 heteroatoms. The molecule has 0 unspecified atom stereocenters. The molecule has 2 aliphatic rings. The Morgan fingerprint density at radius 2 is 1.11 bits per heavy atom. The molecule has 0 aromatic heterocycles. The molecule has 0 amide bonds. The van der Waals surface area contributed by atoms with Crippen LogP contribution in [0, 0.1) is 20.8 Å². The van der Waals surface area contributed by atoms with E-state index in [-0.39, 0.29) is 14.7 Å². The van der Waals surface area contributed by atoms with E-state index in [1.165, 1.54) is 36.4 Å². The zero-order valence-corrected chi connectivity index (χ0v) is 27.6. The Balaban J connectivity index is 1.51. The number of benzene rings is 3. The summed E-state index contributed by atoms with van der Waals surface area (Å²) >= 11 is 0. The average molecular weight is 683 g/mol. The second-order valence-corrected chi connectivity index (χ2v) is 16.1. The molecule has 45 heavy (non-hydrogen) atoms. The highest BCUT2D eigenvalue weighted by atomic mass is 32.2. The molecule has 2 fully saturated rings. The van der Waals surface area contributed by atoms with Crippen LogP contribution in [0.3, 0.4) is 0 Å². The van der Waals surface area contributed by atoms with Gasteiger partial charge in [0.25, 0.3) is 30.4 Å². The van der Waals surface area contributed by atoms with Gasteiger partial charge in [-0.3, -0.25) is 12.5 Å². The molecule has 2 aliphatic heterocycles. The minimum absolute atomic E-state index is 0.170. The van der Waals surface area contributed by atoms with Gasteiger partial charge < -0.3 is 14.2 Å². The summed E-state index contributed by atoms with van der Waals surface area (Å²) < 4.78 is 114. The lowest BCUT2D eigenvalue weighted by atomic mass is 10.1. The highest BCUT2D eigenvalue weighted by molar-refractivity contribution is 7.87. The van der Waals surface area contributed by atoms with Crippen LogP contribution in [-0.4, -0.2) is 68.4 Å². The van der Waals surface area contributed by atoms with Crippen molar-refractivity contribution in [3.05, 3.63) is 89.5 Å². The molecule has 0 aliphatic carbocycles. The van der Waals surface area contributed by atoms with E-state index >= 15 is 0 Å². The van der Waals surface area contributed by atoms with Gasteiger partial charge in [0.1, 0.15) is 24.4 Å². The Morgan fingerprint density at radius 3 is 1.60 bits per heavy atom. The Hall–Kier alpha value is -2.73. The van der Waals surface area contributed by atoms with E-state index in [1.807, 2.05) is 0 Å². The first-order valence-corrected chi connectivity index (χ1v) is 18.2. The third-order valence-corrected chi connectivity index (χ3v) is 11.2. The summed E-state index contributed by atoms with van der Waals surface area (Å²) in [5.41, 5.74) is 2.41. The quantitative estimate of drug-likeness (QED) is 0.270. The standard InChI is InChI=1S/C30H34O12S3/c1-19-6-12-22(13-7-19)43(31,32)37-18-25(41-44(33,34)23-14-8-20(2)9-15-23)26-27(28-29(38-26)40-30(4,5)39-28)42-45(35,36)24-16-10-21(3)11-17-24/h6-17,25-29H,18H2,1-5H3/t25-,26+,27-,28+,29+/m0/s1. The Labute approximate surface area is 263 Å². The maximum Gasteiger partial charge on any atom is 0.297 e. The van der Waals surface area contributed by atoms with Crippen LogP contribution in [0.1, 0.15) is 30.5 Å². The van der Waals surface area contributed by atoms with Crippen LogP contribution in [0.25, 0.3) is 0 Å². The molecule has 5 rings (SSSR count). The lowest BCUT2D eigenvalue weighted by molar-refractivity contribution is -0.223. The molecule has 12 nitrogen and oxygen atoms in total. The minimum Gasteiger partial charge on any atom is -0.341 e. The predicted molar refractivity (Wildman–Crippen MR) is 159 cm³/mol. The van der Waals surface area contributed by atoms with Crippen molar-refractivity contribution >= 4 is 30.4 Å². The van der Waals surface area contributed by atoms with Gasteiger partial charge in [0.05, 0.1) is 21.3 Å². The fourth-order valence-electron chi connectivity index (χ4n) is 4.85. The topological polar surface area (TPSA) is 158 Å². The second kappa shape index (κ2) is 12.5. The number of rotatable bonds is 11. The Kier molecular flexibility index (Phi) is 9.32. The number of hydrogen-bond acceptors (Lipinski definition) is 12. The zero-order chi connectivity index (χ0) is 32.8. The van der Waals surface area contributed by atoms with Gasteiger partial charge in [-0.25, -0.2) is 0 Å². The lowest BCUT2D eigenvalue weighted by Crippen LogP contribution is -2.47. The van der Waals surface area contributed by atoms with Gasteiger partial charge in [0.15, 0.2) is 12.1 Å². The highest BCUT2D eigenvalue weighted by Gasteiger charge is 2.59. The largest absolute Gasteiger partial charge is 0.341 e. The third-order valence-electron chi connectivity index (χ3n) is 7.20. The predicted octanol–water partition coefficient (Wildman–Crippen LogP) is 3.74. The first-order chi connectivity index (χ1) is 21.0. The van der Waals surface area contributed by atoms with Crippen LogP contribution >= 0.6 is 0 Å². The van der Waals surface area contributed by atoms with Crippen LogP contribution in [-0.2, 0) is 57.1 Å². The van der Waals surface area contributed by atoms with E-state index in [9.17, 15) is 25.3 Å². The molecule has 0 saturated carbocycles. The summed E-state index contributed by atoms with van der Waals surface area (Å²) in [6.45, 7) is 7.62. The van der Waals surface area contributed by atoms with Crippen molar-refractivity contribution in [3.63, 3.8) is 0 Å². The molecule has 244 valence electrons. The fraction of sp³-hybridized carbons (Fsp3) is 0.400. The van der Waals surface area contributed by atoms with E-state index in [1.54, 1.807) is 71.0 Å². The van der Waals surface area contributed by atoms with Crippen molar-refractivity contribution in [2.45, 2.75) is 85.8 Å². The monoisotopic (exact) mass is 682 g/mol. The molecule has 2 heterocycles. The minimum atomic E-state index is -4.56. The lowest BCUT2D eigenvalue weighted by Gasteiger charge is -2.30. The fourth-order valence-corrected chi connectivity index (χ4v) is 7.93. The number of hydrogen-bond donors (Lipinski definition) is 0. The van der Waals surface area contributed by atoms with Gasteiger partial charge >= 0.3 is 0 Å². The molecule has 0 N–H and O–H groups in total. The molecular formula is C30H34O12S3. The van der Waals surface area contributed by atoms with E-state index in [4.69, 9.17) is 26.8 Å². The van der Waals surface area contributed by atoms with Crippen LogP contribution in [0.5, 0.6) is 0 Å². The van der Waals surface area contributed by atoms with Crippen molar-refractivity contribution in [1.29, 1.82) is 0 Å². The summed E-state index contributed by atoms with van der Waals surface area (Å²) in [6.07, 6.45) is -7.19. The molecule has 0 bridgehead atoms. The van der Waals surface area contributed by atoms with Crippen molar-refractivity contribution < 1.29 is 52.0 Å². The van der Waals surface area contributed by atoms with Gasteiger partial charge in [-0.05, 0) is 71.0 Å². The van der Waals surface area contributed by atoms with Crippen molar-refractivity contribution in [2.24, 2.45) is 0 Å². The number of aryl methyl sites for hydroxylation is 3. The summed E-state index contributed by atoms with van der Waals surface area (Å²) in [5, 5.41) is 0. The van der Waals surface area contributed by atoms with Crippen LogP contribution in [0.4, 0.5) is 0 Å². The van der Waals surface area contributed by atoms with Gasteiger partial charge in [-0.2, -0.15) is 25.3 Å². The van der Waals surface area contributed by atoms with Crippen molar-refractivity contribution in [2.75, 3.05) is 6.61 Å². The van der Waals surface area contributed by atoms with E-state index < -0.39 is 73.5 Å². The maximum absolute atomic E-state index is 13.4. The van der Waals surface area contributed by atoms with Gasteiger partial charge in [0, 0.05) is 0 Å². The Morgan fingerprint density at radius 1 is 0.667 bits per heavy atom. The van der Waals surface area contributed by atoms with Crippen LogP contribution in [0.15, 0.2) is 87.5 Å². The SMILES string of the molecule is Cc1ccc(S(=O)(=O)OC[C@H](OS(=O)(=O)c2ccc(C)cc2)[C@H]2O[C@@H]3OC(C)(C)O[C@@H]3[C@H]2OS(=O)(=O)c2ccc(C)cc2)cc1. The van der Waals surface area contributed by atoms with E-state index in [0.29, 0.717) is 0 Å². The highest BCUT2D eigenvalue weighted by Crippen LogP contribution is 2.42. The summed E-state index contributed by atoms with van der Waals surface area (Å²) in [7, 11) is -13.5. The van der Waals surface area contributed by atoms with Gasteiger partial charge in [-0.1, -0.05) is 53.1 Å². The smallest absolute Gasteiger partial charge is 0.297 e. The summed E-state index contributed by atoms with van der Waals surface area (Å²) in [6, 6.07) is 17.5. The molecular weight excluding hydrogens is 649 g/mol. The van der Waals surface area contributed by atoms with E-state index in [2.05, 4.69) is 0 Å². The third kappa shape index (κ3) is 7.64. The molecule has 2 saturated heterocycles. The van der Waals surface area contributed by atoms with Gasteiger partial charge in [0.2, 0.25) is 0 Å². The summed E-state index contributed by atoms with van der Waals surface area (Å²) in [5.74, 6) is -1.20. The first-order valence-electron chi connectivity index (χ1n) is 13.9. The number of ether oxygens (including phenoxy) is 3. The van der Waals surface area contributed by atoms with Crippen LogP contribution in [0.2, 0.25) is 0 Å². The molecule has 5 atom stereocenters. The second-order valence-electron chi connectivity index (χ2n) is 11.4. The molecule has 0 spiro atoms. The molecule has 3 aromatic carbocycles. The van der Waals surface area contributed by atoms with E-state index in [0.717, 1.165) is 16.7 Å².